The number of carbonyl (C=O) groups excluding carboxylic acids is 1. The van der Waals surface area contributed by atoms with Gasteiger partial charge in [-0.3, -0.25) is 14.2 Å². The van der Waals surface area contributed by atoms with Crippen LogP contribution in [-0.2, 0) is 11.3 Å². The molecule has 6 nitrogen and oxygen atoms in total. The zero-order valence-corrected chi connectivity index (χ0v) is 14.6. The van der Waals surface area contributed by atoms with Crippen LogP contribution < -0.4 is 11.2 Å². The second-order valence-electron chi connectivity index (χ2n) is 7.87. The van der Waals surface area contributed by atoms with E-state index in [2.05, 4.69) is 18.8 Å². The van der Waals surface area contributed by atoms with E-state index in [0.717, 1.165) is 23.8 Å². The number of rotatable bonds is 2. The normalized spacial score (nSPS) is 24.6. The summed E-state index contributed by atoms with van der Waals surface area (Å²) in [6.45, 7) is 4.94. The standard InChI is InChI=1S/C19H23N3O3/c1-19(2)12-6-5-9-21(15(19)10-12)16(23)11-22-17(24)13-7-3-4-8-14(13)20-18(22)25/h3-4,7-8,12,15H,5-6,9-11H2,1-2H3,(H,20,25). The molecule has 1 aromatic carbocycles. The molecule has 5 rings (SSSR count). The van der Waals surface area contributed by atoms with Crippen molar-refractivity contribution in [2.75, 3.05) is 6.54 Å². The van der Waals surface area contributed by atoms with E-state index in [9.17, 15) is 14.4 Å². The average molecular weight is 341 g/mol. The number of fused-ring (bicyclic) bond motifs is 4. The highest BCUT2D eigenvalue weighted by Crippen LogP contribution is 2.53. The van der Waals surface area contributed by atoms with Crippen molar-refractivity contribution in [3.63, 3.8) is 0 Å². The summed E-state index contributed by atoms with van der Waals surface area (Å²) in [6, 6.07) is 7.08. The van der Waals surface area contributed by atoms with E-state index >= 15 is 0 Å². The summed E-state index contributed by atoms with van der Waals surface area (Å²) in [5.74, 6) is 0.531. The lowest BCUT2D eigenvalue weighted by Gasteiger charge is -2.54. The van der Waals surface area contributed by atoms with Crippen LogP contribution in [0.2, 0.25) is 0 Å². The summed E-state index contributed by atoms with van der Waals surface area (Å²) in [4.78, 5) is 42.4. The molecule has 1 aromatic heterocycles. The molecule has 2 aromatic rings. The van der Waals surface area contributed by atoms with E-state index < -0.39 is 11.2 Å². The number of nitrogens with zero attached hydrogens (tertiary/aromatic N) is 2. The van der Waals surface area contributed by atoms with Gasteiger partial charge in [0.05, 0.1) is 10.9 Å². The van der Waals surface area contributed by atoms with Crippen LogP contribution in [-0.4, -0.2) is 32.9 Å². The number of benzene rings is 1. The highest BCUT2D eigenvalue weighted by atomic mass is 16.2. The molecule has 2 aliphatic heterocycles. The fraction of sp³-hybridized carbons (Fsp3) is 0.526. The Morgan fingerprint density at radius 1 is 1.28 bits per heavy atom. The predicted molar refractivity (Wildman–Crippen MR) is 95.5 cm³/mol. The van der Waals surface area contributed by atoms with Gasteiger partial charge in [-0.15, -0.1) is 0 Å². The third-order valence-electron chi connectivity index (χ3n) is 6.25. The summed E-state index contributed by atoms with van der Waals surface area (Å²) < 4.78 is 1.03. The number of aromatic nitrogens is 2. The van der Waals surface area contributed by atoms with Crippen LogP contribution in [0.1, 0.15) is 33.1 Å². The first-order valence-corrected chi connectivity index (χ1v) is 8.91. The second-order valence-corrected chi connectivity index (χ2v) is 7.87. The highest BCUT2D eigenvalue weighted by molar-refractivity contribution is 5.79. The van der Waals surface area contributed by atoms with Gasteiger partial charge >= 0.3 is 5.69 Å². The van der Waals surface area contributed by atoms with Gasteiger partial charge in [0.1, 0.15) is 6.54 Å². The molecule has 2 bridgehead atoms. The van der Waals surface area contributed by atoms with Crippen molar-refractivity contribution in [2.24, 2.45) is 11.3 Å². The number of H-pyrrole nitrogens is 1. The van der Waals surface area contributed by atoms with Gasteiger partial charge in [0.15, 0.2) is 0 Å². The van der Waals surface area contributed by atoms with Crippen LogP contribution >= 0.6 is 0 Å². The van der Waals surface area contributed by atoms with E-state index in [-0.39, 0.29) is 23.9 Å². The summed E-state index contributed by atoms with van der Waals surface area (Å²) in [7, 11) is 0. The van der Waals surface area contributed by atoms with E-state index in [1.54, 1.807) is 24.3 Å². The van der Waals surface area contributed by atoms with Gasteiger partial charge in [0.25, 0.3) is 5.56 Å². The fourth-order valence-electron chi connectivity index (χ4n) is 4.54. The van der Waals surface area contributed by atoms with Crippen molar-refractivity contribution in [3.05, 3.63) is 45.1 Å². The lowest BCUT2D eigenvalue weighted by Crippen LogP contribution is -2.58. The first-order chi connectivity index (χ1) is 11.9. The maximum absolute atomic E-state index is 12.9. The Balaban J connectivity index is 1.66. The number of aromatic amines is 1. The van der Waals surface area contributed by atoms with Crippen molar-refractivity contribution in [1.82, 2.24) is 14.5 Å². The third-order valence-corrected chi connectivity index (χ3v) is 6.25. The maximum atomic E-state index is 12.9. The molecule has 3 heterocycles. The topological polar surface area (TPSA) is 75.2 Å². The average Bonchev–Trinajstić information content (AvgIpc) is 2.89. The van der Waals surface area contributed by atoms with E-state index in [1.807, 2.05) is 4.90 Å². The molecule has 0 spiro atoms. The fourth-order valence-corrected chi connectivity index (χ4v) is 4.54. The van der Waals surface area contributed by atoms with Crippen LogP contribution in [0, 0.1) is 11.3 Å². The Hall–Kier alpha value is -2.37. The number of para-hydroxylation sites is 1. The minimum atomic E-state index is -0.530. The molecule has 1 amide bonds. The zero-order valence-electron chi connectivity index (χ0n) is 14.6. The van der Waals surface area contributed by atoms with E-state index in [1.165, 1.54) is 0 Å². The lowest BCUT2D eigenvalue weighted by molar-refractivity contribution is -0.143. The zero-order chi connectivity index (χ0) is 17.8. The molecule has 2 saturated heterocycles. The quantitative estimate of drug-likeness (QED) is 0.904. The number of carbonyl (C=O) groups is 1. The number of hydrogen-bond acceptors (Lipinski definition) is 3. The Morgan fingerprint density at radius 2 is 2.04 bits per heavy atom. The minimum absolute atomic E-state index is 0.118. The summed E-state index contributed by atoms with van der Waals surface area (Å²) in [5, 5.41) is 0.426. The summed E-state index contributed by atoms with van der Waals surface area (Å²) >= 11 is 0. The lowest BCUT2D eigenvalue weighted by atomic mass is 9.57. The predicted octanol–water partition coefficient (Wildman–Crippen LogP) is 1.73. The molecule has 1 saturated carbocycles. The van der Waals surface area contributed by atoms with Crippen molar-refractivity contribution < 1.29 is 4.79 Å². The molecule has 3 fully saturated rings. The molecule has 2 atom stereocenters. The first-order valence-electron chi connectivity index (χ1n) is 8.91. The molecule has 2 unspecified atom stereocenters. The smallest absolute Gasteiger partial charge is 0.329 e. The maximum Gasteiger partial charge on any atom is 0.329 e. The first kappa shape index (κ1) is 16.1. The minimum Gasteiger partial charge on any atom is -0.338 e. The molecule has 3 aliphatic rings. The summed E-state index contributed by atoms with van der Waals surface area (Å²) in [5.41, 5.74) is -0.322. The van der Waals surface area contributed by atoms with Crippen molar-refractivity contribution in [3.8, 4) is 0 Å². The van der Waals surface area contributed by atoms with Crippen molar-refractivity contribution in [1.29, 1.82) is 0 Å². The second kappa shape index (κ2) is 5.58. The highest BCUT2D eigenvalue weighted by Gasteiger charge is 2.52. The van der Waals surface area contributed by atoms with Gasteiger partial charge in [0.2, 0.25) is 5.91 Å². The van der Waals surface area contributed by atoms with Crippen LogP contribution in [0.3, 0.4) is 0 Å². The molecule has 1 N–H and O–H groups in total. The molecule has 25 heavy (non-hydrogen) atoms. The number of amides is 1. The number of nitrogens with one attached hydrogen (secondary N) is 1. The Kier molecular flexibility index (Phi) is 3.60. The molecule has 0 radical (unpaired) electrons. The SMILES string of the molecule is CC1(C)C2CCCN(C(=O)Cn3c(=O)[nH]c4ccccc4c3=O)C1C2. The molecular weight excluding hydrogens is 318 g/mol. The van der Waals surface area contributed by atoms with Gasteiger partial charge in [-0.25, -0.2) is 4.79 Å². The molecule has 1 aliphatic carbocycles. The van der Waals surface area contributed by atoms with E-state index in [0.29, 0.717) is 23.4 Å². The van der Waals surface area contributed by atoms with Gasteiger partial charge in [-0.2, -0.15) is 0 Å². The van der Waals surface area contributed by atoms with Crippen LogP contribution in [0.15, 0.2) is 33.9 Å². The summed E-state index contributed by atoms with van der Waals surface area (Å²) in [6.07, 6.45) is 3.16. The molecule has 132 valence electrons. The van der Waals surface area contributed by atoms with Crippen molar-refractivity contribution in [2.45, 2.75) is 45.7 Å². The molecule has 6 heteroatoms. The van der Waals surface area contributed by atoms with E-state index in [4.69, 9.17) is 0 Å². The van der Waals surface area contributed by atoms with Gasteiger partial charge in [-0.05, 0) is 42.7 Å². The van der Waals surface area contributed by atoms with Crippen LogP contribution in [0.4, 0.5) is 0 Å². The largest absolute Gasteiger partial charge is 0.338 e. The van der Waals surface area contributed by atoms with Crippen LogP contribution in [0.5, 0.6) is 0 Å². The Bertz CT molecular complexity index is 956. The Morgan fingerprint density at radius 3 is 2.80 bits per heavy atom. The molecular formula is C19H23N3O3. The number of hydrogen-bond donors (Lipinski definition) is 1. The van der Waals surface area contributed by atoms with Crippen molar-refractivity contribution >= 4 is 16.8 Å². The monoisotopic (exact) mass is 341 g/mol. The van der Waals surface area contributed by atoms with Gasteiger partial charge < -0.3 is 9.88 Å². The third kappa shape index (κ3) is 2.42. The van der Waals surface area contributed by atoms with Crippen LogP contribution in [0.25, 0.3) is 10.9 Å². The Labute approximate surface area is 145 Å². The van der Waals surface area contributed by atoms with Gasteiger partial charge in [0, 0.05) is 12.6 Å². The van der Waals surface area contributed by atoms with Gasteiger partial charge in [-0.1, -0.05) is 26.0 Å².